The van der Waals surface area contributed by atoms with E-state index < -0.39 is 0 Å². The van der Waals surface area contributed by atoms with E-state index in [-0.39, 0.29) is 24.2 Å². The standard InChI is InChI=1S/C19H20FNO3/c1-2-23-19(22)11-16-13-24-18-10-15(20)8-9-17(18)21(16)12-14-6-4-3-5-7-14/h3-10,16H,2,11-13H2,1H3. The molecular formula is C19H20FNO3. The Morgan fingerprint density at radius 2 is 2.08 bits per heavy atom. The van der Waals surface area contributed by atoms with Crippen LogP contribution in [0.2, 0.25) is 0 Å². The fourth-order valence-corrected chi connectivity index (χ4v) is 2.89. The molecule has 0 radical (unpaired) electrons. The van der Waals surface area contributed by atoms with E-state index in [1.807, 2.05) is 30.3 Å². The Bertz CT molecular complexity index is 705. The van der Waals surface area contributed by atoms with Gasteiger partial charge in [-0.15, -0.1) is 0 Å². The van der Waals surface area contributed by atoms with Gasteiger partial charge < -0.3 is 14.4 Å². The number of carbonyl (C=O) groups is 1. The molecule has 4 nitrogen and oxygen atoms in total. The van der Waals surface area contributed by atoms with Crippen molar-refractivity contribution in [3.63, 3.8) is 0 Å². The van der Waals surface area contributed by atoms with Crippen molar-refractivity contribution in [3.8, 4) is 5.75 Å². The minimum absolute atomic E-state index is 0.151. The molecule has 0 saturated heterocycles. The molecule has 24 heavy (non-hydrogen) atoms. The van der Waals surface area contributed by atoms with E-state index in [0.717, 1.165) is 11.3 Å². The van der Waals surface area contributed by atoms with Gasteiger partial charge in [-0.3, -0.25) is 4.79 Å². The predicted octanol–water partition coefficient (Wildman–Crippen LogP) is 3.55. The number of halogens is 1. The van der Waals surface area contributed by atoms with Gasteiger partial charge in [0, 0.05) is 12.6 Å². The van der Waals surface area contributed by atoms with Crippen LogP contribution in [0.4, 0.5) is 10.1 Å². The molecule has 126 valence electrons. The molecule has 0 N–H and O–H groups in total. The van der Waals surface area contributed by atoms with Gasteiger partial charge >= 0.3 is 5.97 Å². The van der Waals surface area contributed by atoms with Gasteiger partial charge in [-0.2, -0.15) is 0 Å². The van der Waals surface area contributed by atoms with Gasteiger partial charge in [0.05, 0.1) is 24.8 Å². The number of rotatable bonds is 5. The molecule has 1 aliphatic heterocycles. The van der Waals surface area contributed by atoms with E-state index in [9.17, 15) is 9.18 Å². The number of ether oxygens (including phenoxy) is 2. The molecule has 0 saturated carbocycles. The van der Waals surface area contributed by atoms with Crippen molar-refractivity contribution in [1.29, 1.82) is 0 Å². The average molecular weight is 329 g/mol. The van der Waals surface area contributed by atoms with Crippen molar-refractivity contribution >= 4 is 11.7 Å². The quantitative estimate of drug-likeness (QED) is 0.787. The highest BCUT2D eigenvalue weighted by Crippen LogP contribution is 2.36. The second-order valence-corrected chi connectivity index (χ2v) is 5.70. The minimum Gasteiger partial charge on any atom is -0.489 e. The van der Waals surface area contributed by atoms with Crippen LogP contribution in [-0.4, -0.2) is 25.2 Å². The fourth-order valence-electron chi connectivity index (χ4n) is 2.89. The number of esters is 1. The summed E-state index contributed by atoms with van der Waals surface area (Å²) in [6.07, 6.45) is 0.234. The molecule has 3 rings (SSSR count). The molecule has 1 aliphatic rings. The van der Waals surface area contributed by atoms with E-state index in [4.69, 9.17) is 9.47 Å². The van der Waals surface area contributed by atoms with Crippen LogP contribution in [0.3, 0.4) is 0 Å². The Labute approximate surface area is 140 Å². The largest absolute Gasteiger partial charge is 0.489 e. The van der Waals surface area contributed by atoms with E-state index in [1.165, 1.54) is 12.1 Å². The molecular weight excluding hydrogens is 309 g/mol. The highest BCUT2D eigenvalue weighted by molar-refractivity contribution is 5.72. The van der Waals surface area contributed by atoms with Crippen LogP contribution in [-0.2, 0) is 16.1 Å². The summed E-state index contributed by atoms with van der Waals surface area (Å²) < 4.78 is 24.2. The van der Waals surface area contributed by atoms with Crippen molar-refractivity contribution in [2.24, 2.45) is 0 Å². The first-order valence-corrected chi connectivity index (χ1v) is 8.06. The summed E-state index contributed by atoms with van der Waals surface area (Å²) in [5, 5.41) is 0. The third kappa shape index (κ3) is 3.67. The molecule has 2 aromatic rings. The molecule has 1 heterocycles. The lowest BCUT2D eigenvalue weighted by atomic mass is 10.1. The topological polar surface area (TPSA) is 38.8 Å². The second-order valence-electron chi connectivity index (χ2n) is 5.70. The maximum atomic E-state index is 13.5. The van der Waals surface area contributed by atoms with Crippen LogP contribution >= 0.6 is 0 Å². The highest BCUT2D eigenvalue weighted by atomic mass is 19.1. The lowest BCUT2D eigenvalue weighted by molar-refractivity contribution is -0.143. The second kappa shape index (κ2) is 7.34. The van der Waals surface area contributed by atoms with E-state index in [2.05, 4.69) is 4.90 Å². The van der Waals surface area contributed by atoms with Gasteiger partial charge in [-0.25, -0.2) is 4.39 Å². The first kappa shape index (κ1) is 16.3. The minimum atomic E-state index is -0.336. The van der Waals surface area contributed by atoms with Crippen LogP contribution in [0.5, 0.6) is 5.75 Å². The number of carbonyl (C=O) groups excluding carboxylic acids is 1. The molecule has 0 aliphatic carbocycles. The Balaban J connectivity index is 1.88. The van der Waals surface area contributed by atoms with Gasteiger partial charge in [0.15, 0.2) is 0 Å². The summed E-state index contributed by atoms with van der Waals surface area (Å²) in [6.45, 7) is 3.08. The van der Waals surface area contributed by atoms with Gasteiger partial charge in [0.1, 0.15) is 18.2 Å². The van der Waals surface area contributed by atoms with E-state index in [0.29, 0.717) is 25.5 Å². The van der Waals surface area contributed by atoms with Crippen LogP contribution in [0.1, 0.15) is 18.9 Å². The summed E-state index contributed by atoms with van der Waals surface area (Å²) in [7, 11) is 0. The Morgan fingerprint density at radius 1 is 1.29 bits per heavy atom. The zero-order valence-electron chi connectivity index (χ0n) is 13.6. The monoisotopic (exact) mass is 329 g/mol. The lowest BCUT2D eigenvalue weighted by Gasteiger charge is -2.38. The Morgan fingerprint density at radius 3 is 2.83 bits per heavy atom. The zero-order chi connectivity index (χ0) is 16.9. The van der Waals surface area contributed by atoms with Crippen molar-refractivity contribution in [2.75, 3.05) is 18.1 Å². The number of fused-ring (bicyclic) bond motifs is 1. The van der Waals surface area contributed by atoms with Crippen LogP contribution in [0, 0.1) is 5.82 Å². The maximum absolute atomic E-state index is 13.5. The van der Waals surface area contributed by atoms with Gasteiger partial charge in [-0.1, -0.05) is 30.3 Å². The molecule has 0 amide bonds. The fraction of sp³-hybridized carbons (Fsp3) is 0.316. The van der Waals surface area contributed by atoms with Crippen LogP contribution < -0.4 is 9.64 Å². The predicted molar refractivity (Wildman–Crippen MR) is 89.6 cm³/mol. The number of nitrogens with zero attached hydrogens (tertiary/aromatic N) is 1. The summed E-state index contributed by atoms with van der Waals surface area (Å²) in [4.78, 5) is 14.0. The molecule has 1 unspecified atom stereocenters. The lowest BCUT2D eigenvalue weighted by Crippen LogP contribution is -2.44. The molecule has 1 atom stereocenters. The van der Waals surface area contributed by atoms with E-state index >= 15 is 0 Å². The molecule has 0 aromatic heterocycles. The first-order valence-electron chi connectivity index (χ1n) is 8.06. The number of hydrogen-bond donors (Lipinski definition) is 0. The summed E-state index contributed by atoms with van der Waals surface area (Å²) in [6, 6.07) is 14.3. The van der Waals surface area contributed by atoms with Crippen molar-refractivity contribution in [2.45, 2.75) is 25.9 Å². The maximum Gasteiger partial charge on any atom is 0.307 e. The molecule has 0 spiro atoms. The third-order valence-corrected chi connectivity index (χ3v) is 4.01. The summed E-state index contributed by atoms with van der Waals surface area (Å²) in [5.41, 5.74) is 1.91. The number of benzene rings is 2. The van der Waals surface area contributed by atoms with Gasteiger partial charge in [-0.05, 0) is 24.6 Å². The normalized spacial score (nSPS) is 16.2. The number of anilines is 1. The molecule has 0 fully saturated rings. The third-order valence-electron chi connectivity index (χ3n) is 4.01. The SMILES string of the molecule is CCOC(=O)CC1COc2cc(F)ccc2N1Cc1ccccc1. The van der Waals surface area contributed by atoms with Gasteiger partial charge in [0.2, 0.25) is 0 Å². The summed E-state index contributed by atoms with van der Waals surface area (Å²) in [5.74, 6) is -0.0852. The average Bonchev–Trinajstić information content (AvgIpc) is 2.58. The highest BCUT2D eigenvalue weighted by Gasteiger charge is 2.30. The van der Waals surface area contributed by atoms with Crippen molar-refractivity contribution in [3.05, 3.63) is 59.9 Å². The Kier molecular flexibility index (Phi) is 4.99. The molecule has 2 aromatic carbocycles. The number of hydrogen-bond acceptors (Lipinski definition) is 4. The zero-order valence-corrected chi connectivity index (χ0v) is 13.6. The van der Waals surface area contributed by atoms with Gasteiger partial charge in [0.25, 0.3) is 0 Å². The molecule has 0 bridgehead atoms. The smallest absolute Gasteiger partial charge is 0.307 e. The van der Waals surface area contributed by atoms with Crippen LogP contribution in [0.15, 0.2) is 48.5 Å². The molecule has 5 heteroatoms. The van der Waals surface area contributed by atoms with E-state index in [1.54, 1.807) is 13.0 Å². The first-order chi connectivity index (χ1) is 11.7. The Hall–Kier alpha value is -2.56. The van der Waals surface area contributed by atoms with Crippen LogP contribution in [0.25, 0.3) is 0 Å². The van der Waals surface area contributed by atoms with Crippen molar-refractivity contribution < 1.29 is 18.7 Å². The summed E-state index contributed by atoms with van der Waals surface area (Å²) >= 11 is 0. The van der Waals surface area contributed by atoms with Crippen molar-refractivity contribution in [1.82, 2.24) is 0 Å².